The number of fused-ring (bicyclic) bond motifs is 1. The SMILES string of the molecule is CN1CCCc2cccc(F)c21. The minimum Gasteiger partial charge on any atom is -0.372 e. The van der Waals surface area contributed by atoms with E-state index in [2.05, 4.69) is 0 Å². The summed E-state index contributed by atoms with van der Waals surface area (Å²) in [7, 11) is 1.95. The van der Waals surface area contributed by atoms with Crippen LogP contribution in [0.15, 0.2) is 18.2 Å². The van der Waals surface area contributed by atoms with Gasteiger partial charge < -0.3 is 4.90 Å². The van der Waals surface area contributed by atoms with E-state index in [9.17, 15) is 4.39 Å². The second-order valence-corrected chi connectivity index (χ2v) is 3.27. The Morgan fingerprint density at radius 3 is 3.00 bits per heavy atom. The number of halogens is 1. The van der Waals surface area contributed by atoms with Gasteiger partial charge in [-0.1, -0.05) is 12.1 Å². The van der Waals surface area contributed by atoms with Crippen molar-refractivity contribution in [2.45, 2.75) is 12.8 Å². The van der Waals surface area contributed by atoms with Gasteiger partial charge in [0.2, 0.25) is 0 Å². The van der Waals surface area contributed by atoms with Crippen LogP contribution in [0, 0.1) is 5.82 Å². The number of aryl methyl sites for hydroxylation is 1. The summed E-state index contributed by atoms with van der Waals surface area (Å²) in [6.07, 6.45) is 2.14. The van der Waals surface area contributed by atoms with Crippen molar-refractivity contribution < 1.29 is 4.39 Å². The van der Waals surface area contributed by atoms with Crippen LogP contribution in [0.5, 0.6) is 0 Å². The van der Waals surface area contributed by atoms with Gasteiger partial charge in [-0.15, -0.1) is 0 Å². The maximum Gasteiger partial charge on any atom is 0.146 e. The summed E-state index contributed by atoms with van der Waals surface area (Å²) in [6, 6.07) is 5.32. The molecule has 1 aliphatic heterocycles. The van der Waals surface area contributed by atoms with Crippen LogP contribution in [-0.2, 0) is 6.42 Å². The predicted octanol–water partition coefficient (Wildman–Crippen LogP) is 2.21. The van der Waals surface area contributed by atoms with Crippen LogP contribution >= 0.6 is 0 Å². The van der Waals surface area contributed by atoms with Gasteiger partial charge in [-0.05, 0) is 24.5 Å². The first-order valence-corrected chi connectivity index (χ1v) is 4.27. The van der Waals surface area contributed by atoms with E-state index in [1.54, 1.807) is 6.07 Å². The molecule has 1 aromatic rings. The third-order valence-electron chi connectivity index (χ3n) is 2.39. The van der Waals surface area contributed by atoms with Gasteiger partial charge in [0.1, 0.15) is 5.82 Å². The first kappa shape index (κ1) is 7.59. The second-order valence-electron chi connectivity index (χ2n) is 3.27. The minimum absolute atomic E-state index is 0.0882. The number of para-hydroxylation sites is 1. The average Bonchev–Trinajstić information content (AvgIpc) is 2.04. The zero-order chi connectivity index (χ0) is 8.55. The lowest BCUT2D eigenvalue weighted by atomic mass is 10.0. The lowest BCUT2D eigenvalue weighted by Gasteiger charge is -2.27. The van der Waals surface area contributed by atoms with Crippen LogP contribution in [0.25, 0.3) is 0 Å². The Bertz CT molecular complexity index is 296. The summed E-state index contributed by atoms with van der Waals surface area (Å²) in [4.78, 5) is 1.99. The van der Waals surface area contributed by atoms with Crippen molar-refractivity contribution in [2.75, 3.05) is 18.5 Å². The molecule has 0 N–H and O–H groups in total. The van der Waals surface area contributed by atoms with Gasteiger partial charge >= 0.3 is 0 Å². The fraction of sp³-hybridized carbons (Fsp3) is 0.400. The predicted molar refractivity (Wildman–Crippen MR) is 48.0 cm³/mol. The molecule has 1 aromatic carbocycles. The van der Waals surface area contributed by atoms with E-state index in [0.717, 1.165) is 30.6 Å². The summed E-state index contributed by atoms with van der Waals surface area (Å²) in [5.41, 5.74) is 1.94. The molecule has 0 fully saturated rings. The molecule has 0 atom stereocenters. The van der Waals surface area contributed by atoms with Gasteiger partial charge in [0, 0.05) is 13.6 Å². The zero-order valence-corrected chi connectivity index (χ0v) is 7.18. The van der Waals surface area contributed by atoms with E-state index in [0.29, 0.717) is 0 Å². The molecule has 0 radical (unpaired) electrons. The van der Waals surface area contributed by atoms with E-state index in [4.69, 9.17) is 0 Å². The lowest BCUT2D eigenvalue weighted by Crippen LogP contribution is -2.25. The molecular weight excluding hydrogens is 153 g/mol. The van der Waals surface area contributed by atoms with E-state index < -0.39 is 0 Å². The fourth-order valence-electron chi connectivity index (χ4n) is 1.81. The molecule has 2 heteroatoms. The summed E-state index contributed by atoms with van der Waals surface area (Å²) in [5.74, 6) is -0.0882. The molecule has 1 heterocycles. The molecule has 0 saturated heterocycles. The van der Waals surface area contributed by atoms with Crippen molar-refractivity contribution in [3.05, 3.63) is 29.6 Å². The van der Waals surface area contributed by atoms with Crippen molar-refractivity contribution in [2.24, 2.45) is 0 Å². The first-order chi connectivity index (χ1) is 5.79. The van der Waals surface area contributed by atoms with E-state index in [1.807, 2.05) is 18.0 Å². The normalized spacial score (nSPS) is 16.0. The van der Waals surface area contributed by atoms with E-state index in [1.165, 1.54) is 6.07 Å². The zero-order valence-electron chi connectivity index (χ0n) is 7.18. The molecule has 0 aliphatic carbocycles. The Morgan fingerprint density at radius 1 is 1.42 bits per heavy atom. The van der Waals surface area contributed by atoms with Crippen LogP contribution < -0.4 is 4.90 Å². The molecule has 64 valence electrons. The summed E-state index contributed by atoms with van der Waals surface area (Å²) in [6.45, 7) is 0.966. The molecule has 0 bridgehead atoms. The Labute approximate surface area is 71.8 Å². The van der Waals surface area contributed by atoms with Crippen molar-refractivity contribution in [3.63, 3.8) is 0 Å². The Hall–Kier alpha value is -1.05. The number of nitrogens with zero attached hydrogens (tertiary/aromatic N) is 1. The van der Waals surface area contributed by atoms with Gasteiger partial charge in [-0.25, -0.2) is 4.39 Å². The van der Waals surface area contributed by atoms with Crippen LogP contribution in [0.2, 0.25) is 0 Å². The lowest BCUT2D eigenvalue weighted by molar-refractivity contribution is 0.608. The molecule has 0 amide bonds. The van der Waals surface area contributed by atoms with Gasteiger partial charge in [0.05, 0.1) is 5.69 Å². The molecule has 0 spiro atoms. The molecule has 1 nitrogen and oxygen atoms in total. The number of benzene rings is 1. The quantitative estimate of drug-likeness (QED) is 0.569. The Morgan fingerprint density at radius 2 is 2.25 bits per heavy atom. The van der Waals surface area contributed by atoms with E-state index in [-0.39, 0.29) is 5.82 Å². The molecule has 2 rings (SSSR count). The van der Waals surface area contributed by atoms with Gasteiger partial charge in [0.25, 0.3) is 0 Å². The maximum absolute atomic E-state index is 13.3. The maximum atomic E-state index is 13.3. The molecule has 0 aromatic heterocycles. The highest BCUT2D eigenvalue weighted by atomic mass is 19.1. The molecule has 1 aliphatic rings. The highest BCUT2D eigenvalue weighted by Crippen LogP contribution is 2.28. The second kappa shape index (κ2) is 2.77. The Balaban J connectivity index is 2.53. The van der Waals surface area contributed by atoms with Crippen molar-refractivity contribution >= 4 is 5.69 Å². The van der Waals surface area contributed by atoms with Gasteiger partial charge in [-0.2, -0.15) is 0 Å². The number of rotatable bonds is 0. The molecule has 0 saturated carbocycles. The molecule has 0 unspecified atom stereocenters. The topological polar surface area (TPSA) is 3.24 Å². The molecular formula is C10H12FN. The number of hydrogen-bond donors (Lipinski definition) is 0. The number of hydrogen-bond acceptors (Lipinski definition) is 1. The highest BCUT2D eigenvalue weighted by molar-refractivity contribution is 5.55. The third kappa shape index (κ3) is 1.07. The third-order valence-corrected chi connectivity index (χ3v) is 2.39. The minimum atomic E-state index is -0.0882. The van der Waals surface area contributed by atoms with Crippen molar-refractivity contribution in [1.29, 1.82) is 0 Å². The van der Waals surface area contributed by atoms with Crippen molar-refractivity contribution in [1.82, 2.24) is 0 Å². The van der Waals surface area contributed by atoms with Crippen LogP contribution in [0.1, 0.15) is 12.0 Å². The summed E-state index contributed by atoms with van der Waals surface area (Å²) < 4.78 is 13.3. The van der Waals surface area contributed by atoms with Crippen LogP contribution in [-0.4, -0.2) is 13.6 Å². The number of anilines is 1. The summed E-state index contributed by atoms with van der Waals surface area (Å²) in [5, 5.41) is 0. The Kier molecular flexibility index (Phi) is 1.75. The smallest absolute Gasteiger partial charge is 0.146 e. The summed E-state index contributed by atoms with van der Waals surface area (Å²) >= 11 is 0. The van der Waals surface area contributed by atoms with E-state index >= 15 is 0 Å². The van der Waals surface area contributed by atoms with Crippen LogP contribution in [0.4, 0.5) is 10.1 Å². The molecule has 12 heavy (non-hydrogen) atoms. The van der Waals surface area contributed by atoms with Crippen LogP contribution in [0.3, 0.4) is 0 Å². The standard InChI is InChI=1S/C10H12FN/c1-12-7-3-5-8-4-2-6-9(11)10(8)12/h2,4,6H,3,5,7H2,1H3. The van der Waals surface area contributed by atoms with Gasteiger partial charge in [-0.3, -0.25) is 0 Å². The van der Waals surface area contributed by atoms with Gasteiger partial charge in [0.15, 0.2) is 0 Å². The highest BCUT2D eigenvalue weighted by Gasteiger charge is 2.16. The largest absolute Gasteiger partial charge is 0.372 e. The monoisotopic (exact) mass is 165 g/mol. The van der Waals surface area contributed by atoms with Crippen molar-refractivity contribution in [3.8, 4) is 0 Å². The fourth-order valence-corrected chi connectivity index (χ4v) is 1.81. The average molecular weight is 165 g/mol. The first-order valence-electron chi connectivity index (χ1n) is 4.27.